The molecule has 3 rings (SSSR count). The molecule has 140 valence electrons. The number of aromatic hydroxyl groups is 1. The van der Waals surface area contributed by atoms with E-state index in [1.165, 1.54) is 5.56 Å². The molecule has 0 unspecified atom stereocenters. The molecule has 27 heavy (non-hydrogen) atoms. The third-order valence-electron chi connectivity index (χ3n) is 4.98. The van der Waals surface area contributed by atoms with Crippen molar-refractivity contribution in [1.29, 1.82) is 0 Å². The first-order valence-corrected chi connectivity index (χ1v) is 9.49. The Balaban J connectivity index is 2.16. The molecule has 0 fully saturated rings. The highest BCUT2D eigenvalue weighted by molar-refractivity contribution is 5.89. The Kier molecular flexibility index (Phi) is 5.50. The van der Waals surface area contributed by atoms with Gasteiger partial charge in [0.15, 0.2) is 0 Å². The van der Waals surface area contributed by atoms with Gasteiger partial charge in [0.05, 0.1) is 6.04 Å². The number of carbonyl (C=O) groups is 1. The Labute approximate surface area is 161 Å². The summed E-state index contributed by atoms with van der Waals surface area (Å²) < 4.78 is 0. The lowest BCUT2D eigenvalue weighted by Crippen LogP contribution is -2.32. The van der Waals surface area contributed by atoms with Gasteiger partial charge in [-0.3, -0.25) is 4.79 Å². The number of fused-ring (bicyclic) bond motifs is 1. The van der Waals surface area contributed by atoms with E-state index < -0.39 is 6.04 Å². The zero-order valence-corrected chi connectivity index (χ0v) is 16.4. The average molecular weight is 361 g/mol. The summed E-state index contributed by atoms with van der Waals surface area (Å²) in [5.74, 6) is 0.448. The van der Waals surface area contributed by atoms with Crippen LogP contribution in [0, 0.1) is 5.92 Å². The summed E-state index contributed by atoms with van der Waals surface area (Å²) in [6.45, 7) is 8.06. The van der Waals surface area contributed by atoms with E-state index in [-0.39, 0.29) is 17.6 Å². The molecule has 3 heteroatoms. The third kappa shape index (κ3) is 3.97. The molecule has 1 atom stereocenters. The minimum Gasteiger partial charge on any atom is -0.508 e. The van der Waals surface area contributed by atoms with Gasteiger partial charge < -0.3 is 10.4 Å². The van der Waals surface area contributed by atoms with Gasteiger partial charge in [0.1, 0.15) is 5.75 Å². The maximum atomic E-state index is 12.5. The fraction of sp³-hybridized carbons (Fsp3) is 0.292. The molecular formula is C24H27NO2. The lowest BCUT2D eigenvalue weighted by Gasteiger charge is -2.24. The molecule has 0 saturated heterocycles. The normalized spacial score (nSPS) is 12.5. The van der Waals surface area contributed by atoms with Crippen molar-refractivity contribution in [2.45, 2.75) is 39.7 Å². The topological polar surface area (TPSA) is 49.3 Å². The van der Waals surface area contributed by atoms with Gasteiger partial charge in [0.2, 0.25) is 5.91 Å². The smallest absolute Gasteiger partial charge is 0.223 e. The largest absolute Gasteiger partial charge is 0.508 e. The van der Waals surface area contributed by atoms with E-state index in [1.807, 2.05) is 56.3 Å². The molecule has 0 aliphatic heterocycles. The van der Waals surface area contributed by atoms with E-state index >= 15 is 0 Å². The molecule has 2 N–H and O–H groups in total. The molecule has 0 saturated carbocycles. The van der Waals surface area contributed by atoms with Crippen molar-refractivity contribution in [2.24, 2.45) is 5.92 Å². The summed E-state index contributed by atoms with van der Waals surface area (Å²) >= 11 is 0. The van der Waals surface area contributed by atoms with Crippen molar-refractivity contribution < 1.29 is 9.90 Å². The van der Waals surface area contributed by atoms with Crippen LogP contribution >= 0.6 is 0 Å². The fourth-order valence-electron chi connectivity index (χ4n) is 3.29. The first kappa shape index (κ1) is 19.0. The molecule has 3 aromatic carbocycles. The first-order valence-electron chi connectivity index (χ1n) is 9.49. The highest BCUT2D eigenvalue weighted by Gasteiger charge is 2.23. The van der Waals surface area contributed by atoms with Crippen LogP contribution in [0.25, 0.3) is 10.8 Å². The fourth-order valence-corrected chi connectivity index (χ4v) is 3.29. The van der Waals surface area contributed by atoms with E-state index in [9.17, 15) is 9.90 Å². The van der Waals surface area contributed by atoms with Crippen LogP contribution in [0.1, 0.15) is 56.3 Å². The number of benzene rings is 3. The summed E-state index contributed by atoms with van der Waals surface area (Å²) in [6.07, 6.45) is 0. The number of nitrogens with one attached hydrogen (secondary N) is 1. The van der Waals surface area contributed by atoms with Crippen molar-refractivity contribution >= 4 is 16.7 Å². The lowest BCUT2D eigenvalue weighted by atomic mass is 9.91. The zero-order valence-electron chi connectivity index (χ0n) is 16.4. The molecular weight excluding hydrogens is 334 g/mol. The summed E-state index contributed by atoms with van der Waals surface area (Å²) in [7, 11) is 0. The Hall–Kier alpha value is -2.81. The Morgan fingerprint density at radius 3 is 2.11 bits per heavy atom. The molecule has 3 nitrogen and oxygen atoms in total. The Bertz CT molecular complexity index is 942. The zero-order chi connectivity index (χ0) is 19.6. The number of rotatable bonds is 5. The third-order valence-corrected chi connectivity index (χ3v) is 4.98. The highest BCUT2D eigenvalue weighted by Crippen LogP contribution is 2.36. The van der Waals surface area contributed by atoms with Crippen LogP contribution in [-0.4, -0.2) is 11.0 Å². The van der Waals surface area contributed by atoms with Gasteiger partial charge in [-0.25, -0.2) is 0 Å². The van der Waals surface area contributed by atoms with Crippen molar-refractivity contribution in [2.75, 3.05) is 0 Å². The number of phenols is 1. The van der Waals surface area contributed by atoms with E-state index in [4.69, 9.17) is 0 Å². The van der Waals surface area contributed by atoms with Gasteiger partial charge in [0.25, 0.3) is 0 Å². The van der Waals surface area contributed by atoms with E-state index in [0.29, 0.717) is 5.92 Å². The molecule has 0 aliphatic rings. The predicted octanol–water partition coefficient (Wildman–Crippen LogP) is 5.53. The molecule has 0 radical (unpaired) electrons. The maximum absolute atomic E-state index is 12.5. The molecule has 1 amide bonds. The summed E-state index contributed by atoms with van der Waals surface area (Å²) in [5.41, 5.74) is 2.94. The number of carbonyl (C=O) groups excluding carboxylic acids is 1. The minimum atomic E-state index is -0.410. The van der Waals surface area contributed by atoms with E-state index in [2.05, 4.69) is 31.3 Å². The number of phenolic OH excluding ortho intramolecular Hbond substituents is 1. The van der Waals surface area contributed by atoms with Crippen LogP contribution in [0.15, 0.2) is 60.7 Å². The second-order valence-electron chi connectivity index (χ2n) is 7.64. The van der Waals surface area contributed by atoms with Gasteiger partial charge in [-0.2, -0.15) is 0 Å². The van der Waals surface area contributed by atoms with Crippen molar-refractivity contribution in [3.63, 3.8) is 0 Å². The summed E-state index contributed by atoms with van der Waals surface area (Å²) in [4.78, 5) is 12.5. The number of hydrogen-bond donors (Lipinski definition) is 2. The number of hydrogen-bond acceptors (Lipinski definition) is 2. The first-order chi connectivity index (χ1) is 12.9. The monoisotopic (exact) mass is 361 g/mol. The van der Waals surface area contributed by atoms with Gasteiger partial charge in [-0.15, -0.1) is 0 Å². The Morgan fingerprint density at radius 2 is 1.48 bits per heavy atom. The molecule has 0 aromatic heterocycles. The lowest BCUT2D eigenvalue weighted by molar-refractivity contribution is -0.124. The standard InChI is InChI=1S/C24H27NO2/c1-15(2)17-9-11-19(12-10-17)23(25-24(27)16(3)4)22-20-8-6-5-7-18(20)13-14-21(22)26/h5-16,23,26H,1-4H3,(H,25,27)/t23-/m0/s1. The van der Waals surface area contributed by atoms with Crippen LogP contribution in [-0.2, 0) is 4.79 Å². The number of amides is 1. The quantitative estimate of drug-likeness (QED) is 0.628. The summed E-state index contributed by atoms with van der Waals surface area (Å²) in [5, 5.41) is 15.8. The Morgan fingerprint density at radius 1 is 0.852 bits per heavy atom. The average Bonchev–Trinajstić information content (AvgIpc) is 2.66. The molecule has 0 heterocycles. The van der Waals surface area contributed by atoms with Gasteiger partial charge in [-0.1, -0.05) is 82.3 Å². The van der Waals surface area contributed by atoms with Gasteiger partial charge in [-0.05, 0) is 33.9 Å². The van der Waals surface area contributed by atoms with Crippen LogP contribution in [0.2, 0.25) is 0 Å². The van der Waals surface area contributed by atoms with E-state index in [0.717, 1.165) is 21.9 Å². The highest BCUT2D eigenvalue weighted by atomic mass is 16.3. The molecule has 0 spiro atoms. The van der Waals surface area contributed by atoms with Crippen molar-refractivity contribution in [1.82, 2.24) is 5.32 Å². The molecule has 3 aromatic rings. The van der Waals surface area contributed by atoms with Crippen molar-refractivity contribution in [3.05, 3.63) is 77.4 Å². The maximum Gasteiger partial charge on any atom is 0.223 e. The predicted molar refractivity (Wildman–Crippen MR) is 111 cm³/mol. The van der Waals surface area contributed by atoms with Gasteiger partial charge in [0, 0.05) is 11.5 Å². The van der Waals surface area contributed by atoms with Gasteiger partial charge >= 0.3 is 0 Å². The van der Waals surface area contributed by atoms with Crippen LogP contribution in [0.3, 0.4) is 0 Å². The van der Waals surface area contributed by atoms with E-state index in [1.54, 1.807) is 6.07 Å². The van der Waals surface area contributed by atoms with Crippen LogP contribution in [0.4, 0.5) is 0 Å². The molecule has 0 bridgehead atoms. The molecule has 0 aliphatic carbocycles. The second-order valence-corrected chi connectivity index (χ2v) is 7.64. The van der Waals surface area contributed by atoms with Crippen LogP contribution in [0.5, 0.6) is 5.75 Å². The SMILES string of the molecule is CC(C)C(=O)N[C@@H](c1ccc(C(C)C)cc1)c1c(O)ccc2ccccc12. The second kappa shape index (κ2) is 7.83. The van der Waals surface area contributed by atoms with Crippen molar-refractivity contribution in [3.8, 4) is 5.75 Å². The minimum absolute atomic E-state index is 0.0414. The summed E-state index contributed by atoms with van der Waals surface area (Å²) in [6, 6.07) is 19.4. The van der Waals surface area contributed by atoms with Crippen LogP contribution < -0.4 is 5.32 Å².